The van der Waals surface area contributed by atoms with E-state index in [1.165, 1.54) is 0 Å². The van der Waals surface area contributed by atoms with Crippen LogP contribution in [-0.4, -0.2) is 33.8 Å². The van der Waals surface area contributed by atoms with Gasteiger partial charge in [0, 0.05) is 6.07 Å². The Hall–Kier alpha value is -2.16. The van der Waals surface area contributed by atoms with Crippen LogP contribution in [0.2, 0.25) is 0 Å². The van der Waals surface area contributed by atoms with Crippen LogP contribution in [0.3, 0.4) is 0 Å². The number of nitrogens with zero attached hydrogens (tertiary/aromatic N) is 2. The van der Waals surface area contributed by atoms with Crippen LogP contribution >= 0.6 is 11.8 Å². The lowest BCUT2D eigenvalue weighted by Crippen LogP contribution is -2.42. The van der Waals surface area contributed by atoms with Gasteiger partial charge in [0.25, 0.3) is 5.91 Å². The van der Waals surface area contributed by atoms with E-state index in [0.717, 1.165) is 11.8 Å². The molecule has 0 radical (unpaired) electrons. The first-order valence-electron chi connectivity index (χ1n) is 6.29. The van der Waals surface area contributed by atoms with Gasteiger partial charge in [0.15, 0.2) is 11.0 Å². The number of amides is 3. The Morgan fingerprint density at radius 2 is 2.29 bits per heavy atom. The van der Waals surface area contributed by atoms with Gasteiger partial charge in [-0.25, -0.2) is 0 Å². The van der Waals surface area contributed by atoms with Crippen LogP contribution < -0.4 is 10.6 Å². The van der Waals surface area contributed by atoms with Crippen LogP contribution in [0, 0.1) is 12.8 Å². The summed E-state index contributed by atoms with van der Waals surface area (Å²) in [6.45, 7) is 3.45. The van der Waals surface area contributed by atoms with Crippen molar-refractivity contribution in [1.29, 1.82) is 0 Å². The fourth-order valence-electron chi connectivity index (χ4n) is 1.68. The summed E-state index contributed by atoms with van der Waals surface area (Å²) in [5.41, 5.74) is 0. The van der Waals surface area contributed by atoms with E-state index in [4.69, 9.17) is 4.52 Å². The zero-order chi connectivity index (χ0) is 15.4. The molecule has 0 spiro atoms. The molecule has 0 saturated carbocycles. The van der Waals surface area contributed by atoms with Crippen LogP contribution in [0.1, 0.15) is 19.1 Å². The summed E-state index contributed by atoms with van der Waals surface area (Å²) in [6.07, 6.45) is 0.401. The summed E-state index contributed by atoms with van der Waals surface area (Å²) in [5.74, 6) is -1.04. The number of aromatic nitrogens is 1. The maximum Gasteiger partial charge on any atom is 0.260 e. The average Bonchev–Trinajstić information content (AvgIpc) is 2.81. The topological polar surface area (TPSA) is 114 Å². The predicted octanol–water partition coefficient (Wildman–Crippen LogP) is 0.693. The lowest BCUT2D eigenvalue weighted by atomic mass is 10.0. The Morgan fingerprint density at radius 3 is 2.86 bits per heavy atom. The number of hydrogen-bond acceptors (Lipinski definition) is 6. The third-order valence-corrected chi connectivity index (χ3v) is 3.57. The van der Waals surface area contributed by atoms with Gasteiger partial charge in [-0.05, 0) is 13.3 Å². The quantitative estimate of drug-likeness (QED) is 0.791. The van der Waals surface area contributed by atoms with Crippen molar-refractivity contribution in [2.24, 2.45) is 10.9 Å². The van der Waals surface area contributed by atoms with Gasteiger partial charge in [-0.1, -0.05) is 23.8 Å². The molecule has 0 aromatic carbocycles. The number of aliphatic imine (C=N–C) groups is 1. The molecule has 2 heterocycles. The number of thioether (sulfide) groups is 1. The van der Waals surface area contributed by atoms with Crippen molar-refractivity contribution in [2.45, 2.75) is 20.3 Å². The molecular formula is C12H14N4O4S. The van der Waals surface area contributed by atoms with Gasteiger partial charge in [-0.3, -0.25) is 14.4 Å². The summed E-state index contributed by atoms with van der Waals surface area (Å²) in [5, 5.41) is 8.80. The Labute approximate surface area is 124 Å². The van der Waals surface area contributed by atoms with Gasteiger partial charge in [0.05, 0.1) is 5.75 Å². The number of hydrogen-bond donors (Lipinski definition) is 2. The summed E-state index contributed by atoms with van der Waals surface area (Å²) in [7, 11) is 0. The van der Waals surface area contributed by atoms with Crippen molar-refractivity contribution >= 4 is 40.5 Å². The lowest BCUT2D eigenvalue weighted by Gasteiger charge is -2.17. The minimum absolute atomic E-state index is 0.00487. The van der Waals surface area contributed by atoms with Crippen molar-refractivity contribution in [3.05, 3.63) is 11.8 Å². The number of carbonyl (C=O) groups is 3. The number of nitrogens with one attached hydrogen (secondary N) is 2. The molecule has 0 saturated heterocycles. The van der Waals surface area contributed by atoms with Crippen LogP contribution in [-0.2, 0) is 14.4 Å². The smallest absolute Gasteiger partial charge is 0.260 e. The number of aryl methyl sites for hydroxylation is 1. The van der Waals surface area contributed by atoms with Crippen LogP contribution in [0.25, 0.3) is 0 Å². The molecule has 1 aliphatic heterocycles. The van der Waals surface area contributed by atoms with Crippen molar-refractivity contribution in [3.8, 4) is 0 Å². The average molecular weight is 310 g/mol. The third-order valence-electron chi connectivity index (χ3n) is 2.70. The number of rotatable bonds is 4. The van der Waals surface area contributed by atoms with Crippen LogP contribution in [0.15, 0.2) is 15.6 Å². The van der Waals surface area contributed by atoms with Crippen molar-refractivity contribution in [1.82, 2.24) is 10.5 Å². The van der Waals surface area contributed by atoms with Crippen LogP contribution in [0.5, 0.6) is 0 Å². The van der Waals surface area contributed by atoms with Gasteiger partial charge < -0.3 is 15.2 Å². The van der Waals surface area contributed by atoms with Crippen molar-refractivity contribution < 1.29 is 18.9 Å². The molecule has 1 aromatic rings. The van der Waals surface area contributed by atoms with Gasteiger partial charge in [-0.2, -0.15) is 4.99 Å². The molecule has 21 heavy (non-hydrogen) atoms. The molecular weight excluding hydrogens is 296 g/mol. The number of amidine groups is 1. The molecule has 3 amide bonds. The molecule has 9 heteroatoms. The molecule has 0 bridgehead atoms. The van der Waals surface area contributed by atoms with Gasteiger partial charge in [0.2, 0.25) is 11.8 Å². The first-order valence-corrected chi connectivity index (χ1v) is 7.27. The molecule has 8 nitrogen and oxygen atoms in total. The summed E-state index contributed by atoms with van der Waals surface area (Å²) in [6, 6.07) is 1.58. The predicted molar refractivity (Wildman–Crippen MR) is 76.7 cm³/mol. The van der Waals surface area contributed by atoms with E-state index >= 15 is 0 Å². The standard InChI is InChI=1S/C12H14N4O4S/c1-3-7-10(18)14-12(15-11(7)19)21-5-9(17)13-8-4-6(2)20-16-8/h4,7H,3,5H2,1-2H3,(H,13,16,17)(H,14,15,18,19). The van der Waals surface area contributed by atoms with Gasteiger partial charge in [0.1, 0.15) is 11.7 Å². The van der Waals surface area contributed by atoms with Gasteiger partial charge in [-0.15, -0.1) is 0 Å². The van der Waals surface area contributed by atoms with Crippen molar-refractivity contribution in [3.63, 3.8) is 0 Å². The minimum Gasteiger partial charge on any atom is -0.360 e. The Kier molecular flexibility index (Phi) is 4.73. The maximum absolute atomic E-state index is 11.7. The second kappa shape index (κ2) is 6.53. The number of carbonyl (C=O) groups excluding carboxylic acids is 3. The molecule has 0 unspecified atom stereocenters. The number of anilines is 1. The fourth-order valence-corrected chi connectivity index (χ4v) is 2.34. The SMILES string of the molecule is CC[C@@H]1C(=O)N=C(SCC(=O)Nc2cc(C)on2)NC1=O. The molecule has 0 aliphatic carbocycles. The second-order valence-electron chi connectivity index (χ2n) is 4.36. The maximum atomic E-state index is 11.7. The van der Waals surface area contributed by atoms with Crippen LogP contribution in [0.4, 0.5) is 5.82 Å². The monoisotopic (exact) mass is 310 g/mol. The summed E-state index contributed by atoms with van der Waals surface area (Å²) < 4.78 is 4.82. The third kappa shape index (κ3) is 3.91. The Balaban J connectivity index is 1.87. The van der Waals surface area contributed by atoms with E-state index in [9.17, 15) is 14.4 Å². The molecule has 1 aromatic heterocycles. The van der Waals surface area contributed by atoms with E-state index in [1.54, 1.807) is 19.9 Å². The summed E-state index contributed by atoms with van der Waals surface area (Å²) >= 11 is 0.978. The summed E-state index contributed by atoms with van der Waals surface area (Å²) in [4.78, 5) is 38.7. The first-order chi connectivity index (χ1) is 9.99. The van der Waals surface area contributed by atoms with E-state index in [-0.39, 0.29) is 22.7 Å². The van der Waals surface area contributed by atoms with E-state index < -0.39 is 11.8 Å². The van der Waals surface area contributed by atoms with E-state index in [0.29, 0.717) is 18.0 Å². The molecule has 112 valence electrons. The molecule has 1 aliphatic rings. The lowest BCUT2D eigenvalue weighted by molar-refractivity contribution is -0.133. The van der Waals surface area contributed by atoms with E-state index in [1.807, 2.05) is 0 Å². The highest BCUT2D eigenvalue weighted by Gasteiger charge is 2.30. The zero-order valence-electron chi connectivity index (χ0n) is 11.5. The first kappa shape index (κ1) is 15.2. The van der Waals surface area contributed by atoms with E-state index in [2.05, 4.69) is 20.8 Å². The highest BCUT2D eigenvalue weighted by atomic mass is 32.2. The molecule has 2 N–H and O–H groups in total. The Bertz CT molecular complexity index is 610. The molecule has 2 rings (SSSR count). The Morgan fingerprint density at radius 1 is 1.52 bits per heavy atom. The fraction of sp³-hybridized carbons (Fsp3) is 0.417. The zero-order valence-corrected chi connectivity index (χ0v) is 12.3. The van der Waals surface area contributed by atoms with Gasteiger partial charge >= 0.3 is 0 Å². The van der Waals surface area contributed by atoms with Crippen molar-refractivity contribution in [2.75, 3.05) is 11.1 Å². The second-order valence-corrected chi connectivity index (χ2v) is 5.33. The highest BCUT2D eigenvalue weighted by molar-refractivity contribution is 8.14. The molecule has 1 atom stereocenters. The highest BCUT2D eigenvalue weighted by Crippen LogP contribution is 2.15. The normalized spacial score (nSPS) is 18.2. The minimum atomic E-state index is -0.735. The largest absolute Gasteiger partial charge is 0.360 e. The molecule has 0 fully saturated rings.